The van der Waals surface area contributed by atoms with Gasteiger partial charge >= 0.3 is 0 Å². The minimum atomic E-state index is -0.278. The molecule has 1 saturated heterocycles. The SMILES string of the molecule is CN1CCN(Cc2cc(F)ccc2C=O)CC1. The highest BCUT2D eigenvalue weighted by molar-refractivity contribution is 5.77. The number of rotatable bonds is 3. The summed E-state index contributed by atoms with van der Waals surface area (Å²) in [6.07, 6.45) is 0.796. The molecule has 1 aromatic carbocycles. The number of hydrogen-bond acceptors (Lipinski definition) is 3. The predicted octanol–water partition coefficient (Wildman–Crippen LogP) is 1.39. The van der Waals surface area contributed by atoms with Crippen LogP contribution in [-0.2, 0) is 6.54 Å². The van der Waals surface area contributed by atoms with Crippen LogP contribution in [0.25, 0.3) is 0 Å². The Balaban J connectivity index is 2.07. The van der Waals surface area contributed by atoms with Crippen molar-refractivity contribution in [2.24, 2.45) is 0 Å². The van der Waals surface area contributed by atoms with Crippen molar-refractivity contribution >= 4 is 6.29 Å². The van der Waals surface area contributed by atoms with E-state index >= 15 is 0 Å². The van der Waals surface area contributed by atoms with E-state index in [-0.39, 0.29) is 5.82 Å². The summed E-state index contributed by atoms with van der Waals surface area (Å²) in [6.45, 7) is 4.62. The Morgan fingerprint density at radius 1 is 1.29 bits per heavy atom. The average molecular weight is 236 g/mol. The van der Waals surface area contributed by atoms with Crippen LogP contribution >= 0.6 is 0 Å². The molecule has 0 atom stereocenters. The zero-order valence-corrected chi connectivity index (χ0v) is 10.0. The molecule has 0 radical (unpaired) electrons. The highest BCUT2D eigenvalue weighted by Gasteiger charge is 2.15. The zero-order chi connectivity index (χ0) is 12.3. The van der Waals surface area contributed by atoms with E-state index < -0.39 is 0 Å². The summed E-state index contributed by atoms with van der Waals surface area (Å²) in [5, 5.41) is 0. The van der Waals surface area contributed by atoms with Crippen molar-refractivity contribution < 1.29 is 9.18 Å². The lowest BCUT2D eigenvalue weighted by Gasteiger charge is -2.32. The molecule has 0 saturated carbocycles. The van der Waals surface area contributed by atoms with Crippen LogP contribution in [0.2, 0.25) is 0 Å². The molecule has 1 heterocycles. The molecule has 0 N–H and O–H groups in total. The first-order chi connectivity index (χ1) is 8.19. The predicted molar refractivity (Wildman–Crippen MR) is 64.6 cm³/mol. The van der Waals surface area contributed by atoms with Crippen LogP contribution < -0.4 is 0 Å². The standard InChI is InChI=1S/C13H17FN2O/c1-15-4-6-16(7-5-15)9-12-8-13(14)3-2-11(12)10-17/h2-3,8,10H,4-7,9H2,1H3. The minimum absolute atomic E-state index is 0.278. The van der Waals surface area contributed by atoms with Gasteiger partial charge in [-0.25, -0.2) is 4.39 Å². The van der Waals surface area contributed by atoms with E-state index in [2.05, 4.69) is 16.8 Å². The molecule has 1 aliphatic heterocycles. The first-order valence-electron chi connectivity index (χ1n) is 5.83. The maximum atomic E-state index is 13.2. The van der Waals surface area contributed by atoms with Gasteiger partial charge in [0.25, 0.3) is 0 Å². The fourth-order valence-corrected chi connectivity index (χ4v) is 2.07. The van der Waals surface area contributed by atoms with E-state index in [1.807, 2.05) is 0 Å². The van der Waals surface area contributed by atoms with E-state index in [1.54, 1.807) is 6.07 Å². The number of nitrogens with zero attached hydrogens (tertiary/aromatic N) is 2. The van der Waals surface area contributed by atoms with Crippen LogP contribution in [-0.4, -0.2) is 49.3 Å². The Hall–Kier alpha value is -1.26. The van der Waals surface area contributed by atoms with Gasteiger partial charge in [-0.3, -0.25) is 9.69 Å². The number of carbonyl (C=O) groups excluding carboxylic acids is 1. The third kappa shape index (κ3) is 3.11. The summed E-state index contributed by atoms with van der Waals surface area (Å²) in [6, 6.07) is 4.34. The smallest absolute Gasteiger partial charge is 0.150 e. The quantitative estimate of drug-likeness (QED) is 0.741. The second-order valence-corrected chi connectivity index (χ2v) is 4.54. The fraction of sp³-hybridized carbons (Fsp3) is 0.462. The number of piperazine rings is 1. The van der Waals surface area contributed by atoms with Gasteiger partial charge in [-0.15, -0.1) is 0 Å². The molecule has 0 unspecified atom stereocenters. The topological polar surface area (TPSA) is 23.6 Å². The van der Waals surface area contributed by atoms with E-state index in [9.17, 15) is 9.18 Å². The Labute approximate surface area is 101 Å². The third-order valence-electron chi connectivity index (χ3n) is 3.22. The number of likely N-dealkylation sites (N-methyl/N-ethyl adjacent to an activating group) is 1. The van der Waals surface area contributed by atoms with Gasteiger partial charge in [0.1, 0.15) is 12.1 Å². The number of benzene rings is 1. The highest BCUT2D eigenvalue weighted by Crippen LogP contribution is 2.13. The molecular formula is C13H17FN2O. The van der Waals surface area contributed by atoms with Crippen molar-refractivity contribution in [2.75, 3.05) is 33.2 Å². The molecular weight excluding hydrogens is 219 g/mol. The van der Waals surface area contributed by atoms with Crippen molar-refractivity contribution in [3.05, 3.63) is 35.1 Å². The normalized spacial score (nSPS) is 18.2. The highest BCUT2D eigenvalue weighted by atomic mass is 19.1. The lowest BCUT2D eigenvalue weighted by molar-refractivity contribution is 0.111. The molecule has 0 aromatic heterocycles. The molecule has 1 aliphatic rings. The Bertz CT molecular complexity index is 400. The van der Waals surface area contributed by atoms with Crippen LogP contribution in [0.4, 0.5) is 4.39 Å². The molecule has 17 heavy (non-hydrogen) atoms. The van der Waals surface area contributed by atoms with Gasteiger partial charge in [-0.05, 0) is 30.8 Å². The molecule has 1 fully saturated rings. The van der Waals surface area contributed by atoms with Gasteiger partial charge < -0.3 is 4.90 Å². The Morgan fingerprint density at radius 3 is 2.65 bits per heavy atom. The second-order valence-electron chi connectivity index (χ2n) is 4.54. The Kier molecular flexibility index (Phi) is 3.86. The van der Waals surface area contributed by atoms with Gasteiger partial charge in [-0.2, -0.15) is 0 Å². The van der Waals surface area contributed by atoms with Crippen molar-refractivity contribution in [1.29, 1.82) is 0 Å². The number of carbonyl (C=O) groups is 1. The largest absolute Gasteiger partial charge is 0.304 e. The molecule has 1 aromatic rings. The van der Waals surface area contributed by atoms with Crippen LogP contribution in [0, 0.1) is 5.82 Å². The van der Waals surface area contributed by atoms with Gasteiger partial charge in [-0.1, -0.05) is 0 Å². The Morgan fingerprint density at radius 2 is 2.00 bits per heavy atom. The van der Waals surface area contributed by atoms with Crippen molar-refractivity contribution in [1.82, 2.24) is 9.80 Å². The monoisotopic (exact) mass is 236 g/mol. The number of aldehydes is 1. The number of halogens is 1. The van der Waals surface area contributed by atoms with Crippen LogP contribution in [0.5, 0.6) is 0 Å². The van der Waals surface area contributed by atoms with Gasteiger partial charge in [0.15, 0.2) is 0 Å². The zero-order valence-electron chi connectivity index (χ0n) is 10.0. The first kappa shape index (κ1) is 12.2. The average Bonchev–Trinajstić information content (AvgIpc) is 2.32. The number of hydrogen-bond donors (Lipinski definition) is 0. The molecule has 3 nitrogen and oxygen atoms in total. The lowest BCUT2D eigenvalue weighted by atomic mass is 10.1. The third-order valence-corrected chi connectivity index (χ3v) is 3.22. The minimum Gasteiger partial charge on any atom is -0.304 e. The summed E-state index contributed by atoms with van der Waals surface area (Å²) in [7, 11) is 2.09. The van der Waals surface area contributed by atoms with E-state index in [1.165, 1.54) is 12.1 Å². The lowest BCUT2D eigenvalue weighted by Crippen LogP contribution is -2.44. The van der Waals surface area contributed by atoms with Crippen molar-refractivity contribution in [2.45, 2.75) is 6.54 Å². The summed E-state index contributed by atoms with van der Waals surface area (Å²) in [4.78, 5) is 15.4. The van der Waals surface area contributed by atoms with E-state index in [4.69, 9.17) is 0 Å². The van der Waals surface area contributed by atoms with Crippen molar-refractivity contribution in [3.8, 4) is 0 Å². The summed E-state index contributed by atoms with van der Waals surface area (Å²) in [5.41, 5.74) is 1.37. The first-order valence-corrected chi connectivity index (χ1v) is 5.83. The maximum Gasteiger partial charge on any atom is 0.150 e. The van der Waals surface area contributed by atoms with Crippen molar-refractivity contribution in [3.63, 3.8) is 0 Å². The molecule has 2 rings (SSSR count). The fourth-order valence-electron chi connectivity index (χ4n) is 2.07. The maximum absolute atomic E-state index is 13.2. The van der Waals surface area contributed by atoms with Crippen LogP contribution in [0.1, 0.15) is 15.9 Å². The van der Waals surface area contributed by atoms with Gasteiger partial charge in [0.05, 0.1) is 0 Å². The summed E-state index contributed by atoms with van der Waals surface area (Å²) >= 11 is 0. The van der Waals surface area contributed by atoms with Gasteiger partial charge in [0, 0.05) is 38.3 Å². The molecule has 0 amide bonds. The summed E-state index contributed by atoms with van der Waals surface area (Å²) in [5.74, 6) is -0.278. The molecule has 0 aliphatic carbocycles. The van der Waals surface area contributed by atoms with E-state index in [0.29, 0.717) is 12.1 Å². The molecule has 92 valence electrons. The second kappa shape index (κ2) is 5.38. The molecule has 4 heteroatoms. The van der Waals surface area contributed by atoms with Crippen LogP contribution in [0.15, 0.2) is 18.2 Å². The van der Waals surface area contributed by atoms with E-state index in [0.717, 1.165) is 38.0 Å². The summed E-state index contributed by atoms with van der Waals surface area (Å²) < 4.78 is 13.2. The van der Waals surface area contributed by atoms with Crippen LogP contribution in [0.3, 0.4) is 0 Å². The van der Waals surface area contributed by atoms with Gasteiger partial charge in [0.2, 0.25) is 0 Å². The molecule has 0 spiro atoms. The molecule has 0 bridgehead atoms.